The fourth-order valence-corrected chi connectivity index (χ4v) is 9.22. The van der Waals surface area contributed by atoms with Crippen molar-refractivity contribution in [2.45, 2.75) is 129 Å². The van der Waals surface area contributed by atoms with Gasteiger partial charge in [-0.3, -0.25) is 0 Å². The van der Waals surface area contributed by atoms with Crippen LogP contribution in [-0.4, -0.2) is 39.6 Å². The molecule has 0 heterocycles. The Hall–Kier alpha value is 1.27. The molecule has 32 heavy (non-hydrogen) atoms. The van der Waals surface area contributed by atoms with Gasteiger partial charge in [-0.2, -0.15) is 0 Å². The maximum Gasteiger partial charge on any atom is 1.00 e. The molecule has 0 aromatic carbocycles. The van der Waals surface area contributed by atoms with Gasteiger partial charge in [-0.25, -0.2) is 0 Å². The minimum Gasteiger partial charge on any atom is -0.413 e. The Morgan fingerprint density at radius 1 is 1.00 bits per heavy atom. The Balaban J connectivity index is -0.000000980. The molecule has 0 amide bonds. The monoisotopic (exact) mass is 529 g/mol. The second-order valence-corrected chi connectivity index (χ2v) is 19.2. The summed E-state index contributed by atoms with van der Waals surface area (Å²) in [5.41, 5.74) is -0.0701. The van der Waals surface area contributed by atoms with Crippen LogP contribution in [0, 0.1) is 20.8 Å². The zero-order valence-electron chi connectivity index (χ0n) is 23.7. The van der Waals surface area contributed by atoms with Crippen LogP contribution in [0.4, 0.5) is 0 Å². The Labute approximate surface area is 229 Å². The van der Waals surface area contributed by atoms with E-state index in [0.29, 0.717) is 5.92 Å². The Kier molecular flexibility index (Phi) is 23.4. The third-order valence-electron chi connectivity index (χ3n) is 6.41. The van der Waals surface area contributed by atoms with Crippen molar-refractivity contribution in [2.75, 3.05) is 0 Å². The van der Waals surface area contributed by atoms with Gasteiger partial charge < -0.3 is 28.8 Å². The molecule has 0 saturated heterocycles. The molecular weight excluding hydrogens is 477 g/mol. The number of unbranched alkanes of at least 4 members (excludes halogenated alkanes) is 1. The van der Waals surface area contributed by atoms with E-state index in [1.54, 1.807) is 0 Å². The van der Waals surface area contributed by atoms with E-state index in [0.717, 1.165) is 25.7 Å². The van der Waals surface area contributed by atoms with Gasteiger partial charge in [0.25, 0.3) is 0 Å². The fraction of sp³-hybridized carbons (Fsp3) is 0.840. The molecule has 3 nitrogen and oxygen atoms in total. The Bertz CT molecular complexity index is 476. The molecule has 1 fully saturated rings. The maximum atomic E-state index is 10.3. The van der Waals surface area contributed by atoms with Crippen LogP contribution in [-0.2, 0) is 28.3 Å². The fourth-order valence-electron chi connectivity index (χ4n) is 4.64. The van der Waals surface area contributed by atoms with Crippen molar-refractivity contribution in [3.63, 3.8) is 0 Å². The summed E-state index contributed by atoms with van der Waals surface area (Å²) in [6, 6.07) is 3.51. The molecule has 0 aromatic rings. The van der Waals surface area contributed by atoms with Crippen molar-refractivity contribution >= 4 is 16.6 Å². The molecule has 1 N–H and O–H groups in total. The summed E-state index contributed by atoms with van der Waals surface area (Å²) in [4.78, 5) is 0. The van der Waals surface area contributed by atoms with Gasteiger partial charge in [-0.1, -0.05) is 52.7 Å². The van der Waals surface area contributed by atoms with Crippen LogP contribution in [0.1, 0.15) is 73.1 Å². The third-order valence-corrected chi connectivity index (χ3v) is 12.2. The van der Waals surface area contributed by atoms with Crippen molar-refractivity contribution in [3.05, 3.63) is 27.0 Å². The van der Waals surface area contributed by atoms with Gasteiger partial charge in [0.2, 0.25) is 0 Å². The van der Waals surface area contributed by atoms with Crippen molar-refractivity contribution in [1.29, 1.82) is 0 Å². The van der Waals surface area contributed by atoms with E-state index in [4.69, 9.17) is 8.85 Å². The molecule has 0 bridgehead atoms. The van der Waals surface area contributed by atoms with Crippen molar-refractivity contribution < 1.29 is 52.3 Å². The number of rotatable bonds is 13. The summed E-state index contributed by atoms with van der Waals surface area (Å²) in [7, 11) is -3.23. The Morgan fingerprint density at radius 3 is 1.97 bits per heavy atom. The molecule has 7 heteroatoms. The summed E-state index contributed by atoms with van der Waals surface area (Å²) in [5.74, 6) is 0.342. The van der Waals surface area contributed by atoms with Crippen LogP contribution in [0.15, 0.2) is 12.2 Å². The second kappa shape index (κ2) is 18.5. The summed E-state index contributed by atoms with van der Waals surface area (Å²) < 4.78 is 13.3. The first-order valence-corrected chi connectivity index (χ1v) is 17.7. The number of hydrogen-bond donors (Lipinski definition) is 1. The standard InChI is InChI=1S/C23H48O3Si2.2CH3.Li.Zn/c1-9-13-16-23(5,26-27(6,7)8)17-14-15-20-18-21(24)19-22(20)25-28(10-2,11-3)12-4;;;;/h14-15,20-22,24H,9-13,16-19H2,1-8H3;2*1H3;;/q;2*-1;+1;/b15-14+;;;;/t20-,21?,22-,23?;;;;/m1..../s1. The summed E-state index contributed by atoms with van der Waals surface area (Å²) >= 11 is 0. The normalized spacial score (nSPS) is 22.8. The minimum atomic E-state index is -1.64. The van der Waals surface area contributed by atoms with Crippen LogP contribution >= 0.6 is 0 Å². The number of hydrogen-bond acceptors (Lipinski definition) is 3. The van der Waals surface area contributed by atoms with E-state index in [1.807, 2.05) is 0 Å². The first-order chi connectivity index (χ1) is 13.0. The first kappa shape index (κ1) is 40.4. The van der Waals surface area contributed by atoms with Gasteiger partial charge in [-0.15, -0.1) is 0 Å². The largest absolute Gasteiger partial charge is 1.00 e. The van der Waals surface area contributed by atoms with Crippen LogP contribution in [0.5, 0.6) is 0 Å². The van der Waals surface area contributed by atoms with Crippen molar-refractivity contribution in [2.24, 2.45) is 5.92 Å². The smallest absolute Gasteiger partial charge is 0.413 e. The van der Waals surface area contributed by atoms with E-state index < -0.39 is 16.6 Å². The molecule has 0 aliphatic heterocycles. The molecule has 0 radical (unpaired) electrons. The topological polar surface area (TPSA) is 38.7 Å². The van der Waals surface area contributed by atoms with Gasteiger partial charge in [0.15, 0.2) is 16.6 Å². The summed E-state index contributed by atoms with van der Waals surface area (Å²) in [6.45, 7) is 18.2. The summed E-state index contributed by atoms with van der Waals surface area (Å²) in [5, 5.41) is 10.3. The quantitative estimate of drug-likeness (QED) is 0.211. The van der Waals surface area contributed by atoms with E-state index in [-0.39, 0.29) is 71.0 Å². The van der Waals surface area contributed by atoms with E-state index >= 15 is 0 Å². The predicted molar refractivity (Wildman–Crippen MR) is 140 cm³/mol. The molecule has 4 atom stereocenters. The van der Waals surface area contributed by atoms with Crippen molar-refractivity contribution in [3.8, 4) is 0 Å². The average Bonchev–Trinajstić information content (AvgIpc) is 2.95. The predicted octanol–water partition coefficient (Wildman–Crippen LogP) is 4.80. The minimum absolute atomic E-state index is 0. The van der Waals surface area contributed by atoms with Crippen LogP contribution < -0.4 is 18.9 Å². The molecule has 0 aromatic heterocycles. The molecule has 1 rings (SSSR count). The van der Waals surface area contributed by atoms with Crippen LogP contribution in [0.3, 0.4) is 0 Å². The molecule has 0 spiro atoms. The Morgan fingerprint density at radius 2 is 1.53 bits per heavy atom. The third kappa shape index (κ3) is 14.0. The molecule has 184 valence electrons. The maximum absolute atomic E-state index is 10.3. The zero-order valence-corrected chi connectivity index (χ0v) is 28.7. The summed E-state index contributed by atoms with van der Waals surface area (Å²) in [6.07, 6.45) is 10.7. The van der Waals surface area contributed by atoms with Gasteiger partial charge in [0.05, 0.1) is 17.8 Å². The first-order valence-electron chi connectivity index (χ1n) is 11.7. The van der Waals surface area contributed by atoms with Gasteiger partial charge >= 0.3 is 18.9 Å². The number of aliphatic hydroxyl groups excluding tert-OH is 1. The SMILES string of the molecule is CCCCC(C)(C/C=C/[C@@H]1CC(O)C[C@H]1O[Si](CC)(CC)CC)O[Si](C)(C)C.[CH3-].[CH3-].[Li+].[Zn]. The average molecular weight is 531 g/mol. The molecular formula is C25H54LiO3Si2Zn-. The van der Waals surface area contributed by atoms with E-state index in [9.17, 15) is 5.11 Å². The van der Waals surface area contributed by atoms with Crippen LogP contribution in [0.25, 0.3) is 0 Å². The van der Waals surface area contributed by atoms with E-state index in [1.165, 1.54) is 31.0 Å². The molecule has 2 unspecified atom stereocenters. The molecule has 1 aliphatic carbocycles. The van der Waals surface area contributed by atoms with Crippen molar-refractivity contribution in [1.82, 2.24) is 0 Å². The molecule has 1 aliphatic rings. The van der Waals surface area contributed by atoms with E-state index in [2.05, 4.69) is 66.4 Å². The second-order valence-electron chi connectivity index (χ2n) is 10.1. The zero-order chi connectivity index (χ0) is 21.4. The van der Waals surface area contributed by atoms with Gasteiger partial charge in [-0.05, 0) is 70.4 Å². The van der Waals surface area contributed by atoms with Gasteiger partial charge in [0.1, 0.15) is 0 Å². The van der Waals surface area contributed by atoms with Crippen LogP contribution in [0.2, 0.25) is 37.8 Å². The number of aliphatic hydroxyl groups is 1. The molecule has 1 saturated carbocycles. The van der Waals surface area contributed by atoms with Gasteiger partial charge in [0, 0.05) is 25.4 Å².